The van der Waals surface area contributed by atoms with Crippen LogP contribution >= 0.6 is 0 Å². The molecule has 1 aromatic carbocycles. The zero-order chi connectivity index (χ0) is 13.4. The first-order chi connectivity index (χ1) is 9.21. The summed E-state index contributed by atoms with van der Waals surface area (Å²) in [7, 11) is 3.30. The van der Waals surface area contributed by atoms with Gasteiger partial charge in [0.25, 0.3) is 0 Å². The maximum atomic E-state index is 11.4. The number of carbonyl (C=O) groups is 1. The number of amides is 2. The first-order valence-electron chi connectivity index (χ1n) is 6.37. The summed E-state index contributed by atoms with van der Waals surface area (Å²) in [5, 5.41) is 6.73. The molecule has 1 aromatic heterocycles. The number of fused-ring (bicyclic) bond motifs is 3. The summed E-state index contributed by atoms with van der Waals surface area (Å²) in [6.07, 6.45) is 1.70. The van der Waals surface area contributed by atoms with E-state index in [-0.39, 0.29) is 12.1 Å². The number of H-pyrrole nitrogens is 1. The van der Waals surface area contributed by atoms with Gasteiger partial charge in [-0.2, -0.15) is 0 Å². The van der Waals surface area contributed by atoms with Crippen molar-refractivity contribution >= 4 is 16.9 Å². The molecule has 5 nitrogen and oxygen atoms in total. The van der Waals surface area contributed by atoms with Crippen molar-refractivity contribution < 1.29 is 9.53 Å². The highest BCUT2D eigenvalue weighted by Gasteiger charge is 2.26. The van der Waals surface area contributed by atoms with Gasteiger partial charge in [-0.15, -0.1) is 0 Å². The fourth-order valence-electron chi connectivity index (χ4n) is 2.74. The van der Waals surface area contributed by atoms with Crippen LogP contribution in [0.2, 0.25) is 0 Å². The van der Waals surface area contributed by atoms with Crippen LogP contribution in [0.15, 0.2) is 18.2 Å². The van der Waals surface area contributed by atoms with Crippen LogP contribution in [-0.4, -0.2) is 31.2 Å². The lowest BCUT2D eigenvalue weighted by Crippen LogP contribution is -2.41. The van der Waals surface area contributed by atoms with Crippen LogP contribution in [0.4, 0.5) is 4.79 Å². The van der Waals surface area contributed by atoms with Crippen molar-refractivity contribution in [3.63, 3.8) is 0 Å². The standard InChI is InChI=1S/C14H17N3O2/c1-15-14(18)16-8-5-10-11-7-9(19-2)3-4-12(11)17-13(10)6-8/h3-4,7-8,17H,5-6H2,1-2H3,(H2,15,16,18). The minimum absolute atomic E-state index is 0.128. The van der Waals surface area contributed by atoms with Crippen molar-refractivity contribution in [1.29, 1.82) is 0 Å². The fourth-order valence-corrected chi connectivity index (χ4v) is 2.74. The van der Waals surface area contributed by atoms with E-state index in [9.17, 15) is 4.79 Å². The lowest BCUT2D eigenvalue weighted by Gasteiger charge is -2.11. The van der Waals surface area contributed by atoms with Gasteiger partial charge in [-0.05, 0) is 30.2 Å². The third kappa shape index (κ3) is 2.01. The van der Waals surface area contributed by atoms with Crippen LogP contribution in [0, 0.1) is 0 Å². The molecule has 1 unspecified atom stereocenters. The second-order valence-electron chi connectivity index (χ2n) is 4.82. The molecule has 1 heterocycles. The van der Waals surface area contributed by atoms with E-state index in [0.29, 0.717) is 0 Å². The van der Waals surface area contributed by atoms with Crippen LogP contribution in [0.3, 0.4) is 0 Å². The molecule has 0 aliphatic heterocycles. The largest absolute Gasteiger partial charge is 0.497 e. The van der Waals surface area contributed by atoms with Crippen molar-refractivity contribution in [2.75, 3.05) is 14.2 Å². The predicted molar refractivity (Wildman–Crippen MR) is 73.6 cm³/mol. The van der Waals surface area contributed by atoms with Crippen LogP contribution < -0.4 is 15.4 Å². The number of hydrogen-bond donors (Lipinski definition) is 3. The van der Waals surface area contributed by atoms with E-state index >= 15 is 0 Å². The first-order valence-corrected chi connectivity index (χ1v) is 6.37. The monoisotopic (exact) mass is 259 g/mol. The number of hydrogen-bond acceptors (Lipinski definition) is 2. The number of nitrogens with one attached hydrogen (secondary N) is 3. The summed E-state index contributed by atoms with van der Waals surface area (Å²) >= 11 is 0. The van der Waals surface area contributed by atoms with Crippen LogP contribution in [0.5, 0.6) is 5.75 Å². The highest BCUT2D eigenvalue weighted by atomic mass is 16.5. The Kier molecular flexibility index (Phi) is 2.81. The summed E-state index contributed by atoms with van der Waals surface area (Å²) in [4.78, 5) is 14.8. The molecule has 100 valence electrons. The van der Waals surface area contributed by atoms with E-state index in [2.05, 4.69) is 15.6 Å². The molecule has 0 fully saturated rings. The lowest BCUT2D eigenvalue weighted by atomic mass is 10.1. The summed E-state index contributed by atoms with van der Waals surface area (Å²) in [6, 6.07) is 6.07. The molecule has 3 N–H and O–H groups in total. The minimum atomic E-state index is -0.128. The van der Waals surface area contributed by atoms with Gasteiger partial charge in [0.05, 0.1) is 7.11 Å². The third-order valence-corrected chi connectivity index (χ3v) is 3.67. The number of rotatable bonds is 2. The van der Waals surface area contributed by atoms with E-state index in [1.54, 1.807) is 14.2 Å². The minimum Gasteiger partial charge on any atom is -0.497 e. The third-order valence-electron chi connectivity index (χ3n) is 3.67. The Bertz CT molecular complexity index is 633. The number of carbonyl (C=O) groups excluding carboxylic acids is 1. The molecule has 0 saturated heterocycles. The highest BCUT2D eigenvalue weighted by molar-refractivity contribution is 5.87. The average molecular weight is 259 g/mol. The van der Waals surface area contributed by atoms with Gasteiger partial charge in [0, 0.05) is 36.1 Å². The molecule has 0 spiro atoms. The second kappa shape index (κ2) is 4.50. The summed E-state index contributed by atoms with van der Waals surface area (Å²) in [5.74, 6) is 0.858. The maximum absolute atomic E-state index is 11.4. The molecule has 0 bridgehead atoms. The normalized spacial score (nSPS) is 17.3. The van der Waals surface area contributed by atoms with Crippen molar-refractivity contribution in [2.45, 2.75) is 18.9 Å². The molecule has 3 rings (SSSR count). The van der Waals surface area contributed by atoms with Crippen molar-refractivity contribution in [3.8, 4) is 5.75 Å². The Hall–Kier alpha value is -2.17. The van der Waals surface area contributed by atoms with Crippen LogP contribution in [-0.2, 0) is 12.8 Å². The van der Waals surface area contributed by atoms with Crippen molar-refractivity contribution in [3.05, 3.63) is 29.5 Å². The number of aromatic nitrogens is 1. The van der Waals surface area contributed by atoms with Gasteiger partial charge in [0.2, 0.25) is 0 Å². The number of urea groups is 1. The van der Waals surface area contributed by atoms with Crippen molar-refractivity contribution in [2.24, 2.45) is 0 Å². The fraction of sp³-hybridized carbons (Fsp3) is 0.357. The first kappa shape index (κ1) is 11.9. The second-order valence-corrected chi connectivity index (χ2v) is 4.82. The molecule has 2 aromatic rings. The van der Waals surface area contributed by atoms with Crippen molar-refractivity contribution in [1.82, 2.24) is 15.6 Å². The van der Waals surface area contributed by atoms with Gasteiger partial charge < -0.3 is 20.4 Å². The van der Waals surface area contributed by atoms with Crippen LogP contribution in [0.25, 0.3) is 10.9 Å². The van der Waals surface area contributed by atoms with Gasteiger partial charge in [0.1, 0.15) is 5.75 Å². The topological polar surface area (TPSA) is 66.2 Å². The van der Waals surface area contributed by atoms with E-state index in [4.69, 9.17) is 4.74 Å². The molecule has 2 amide bonds. The quantitative estimate of drug-likeness (QED) is 0.766. The van der Waals surface area contributed by atoms with Gasteiger partial charge >= 0.3 is 6.03 Å². The molecule has 19 heavy (non-hydrogen) atoms. The van der Waals surface area contributed by atoms with E-state index in [1.165, 1.54) is 16.6 Å². The Morgan fingerprint density at radius 1 is 1.42 bits per heavy atom. The summed E-state index contributed by atoms with van der Waals surface area (Å²) in [6.45, 7) is 0. The summed E-state index contributed by atoms with van der Waals surface area (Å²) < 4.78 is 5.27. The molecule has 0 saturated carbocycles. The molecule has 1 aliphatic rings. The molecule has 0 radical (unpaired) electrons. The van der Waals surface area contributed by atoms with E-state index in [0.717, 1.165) is 24.1 Å². The Morgan fingerprint density at radius 3 is 3.00 bits per heavy atom. The lowest BCUT2D eigenvalue weighted by molar-refractivity contribution is 0.239. The number of methoxy groups -OCH3 is 1. The highest BCUT2D eigenvalue weighted by Crippen LogP contribution is 2.32. The molecule has 1 atom stereocenters. The summed E-state index contributed by atoms with van der Waals surface area (Å²) in [5.41, 5.74) is 3.63. The van der Waals surface area contributed by atoms with E-state index < -0.39 is 0 Å². The Morgan fingerprint density at radius 2 is 2.26 bits per heavy atom. The molecular weight excluding hydrogens is 242 g/mol. The predicted octanol–water partition coefficient (Wildman–Crippen LogP) is 1.57. The van der Waals surface area contributed by atoms with Gasteiger partial charge in [0.15, 0.2) is 0 Å². The van der Waals surface area contributed by atoms with Crippen LogP contribution in [0.1, 0.15) is 11.3 Å². The smallest absolute Gasteiger partial charge is 0.314 e. The molecular formula is C14H17N3O2. The van der Waals surface area contributed by atoms with Gasteiger partial charge in [-0.25, -0.2) is 4.79 Å². The van der Waals surface area contributed by atoms with Gasteiger partial charge in [-0.1, -0.05) is 0 Å². The number of aromatic amines is 1. The SMILES string of the molecule is CNC(=O)NC1Cc2[nH]c3ccc(OC)cc3c2C1. The molecule has 5 heteroatoms. The maximum Gasteiger partial charge on any atom is 0.314 e. The zero-order valence-corrected chi connectivity index (χ0v) is 11.0. The number of benzene rings is 1. The number of ether oxygens (including phenoxy) is 1. The van der Waals surface area contributed by atoms with E-state index in [1.807, 2.05) is 18.2 Å². The van der Waals surface area contributed by atoms with Gasteiger partial charge in [-0.3, -0.25) is 0 Å². The Labute approximate surface area is 111 Å². The average Bonchev–Trinajstić information content (AvgIpc) is 2.95. The zero-order valence-electron chi connectivity index (χ0n) is 11.0. The molecule has 1 aliphatic carbocycles. The Balaban J connectivity index is 1.89.